The number of hydrogen-bond donors (Lipinski definition) is 3. The van der Waals surface area contributed by atoms with E-state index < -0.39 is 12.1 Å². The Hall–Kier alpha value is -2.86. The number of rotatable bonds is 8. The molecule has 2 rings (SSSR count). The van der Waals surface area contributed by atoms with Gasteiger partial charge in [-0.15, -0.1) is 0 Å². The van der Waals surface area contributed by atoms with Crippen LogP contribution < -0.4 is 5.32 Å². The van der Waals surface area contributed by atoms with Crippen LogP contribution in [-0.4, -0.2) is 28.2 Å². The van der Waals surface area contributed by atoms with Crippen LogP contribution in [0.15, 0.2) is 48.5 Å². The Morgan fingerprint density at radius 3 is 2.30 bits per heavy atom. The number of nitrogens with one attached hydrogen (secondary N) is 1. The van der Waals surface area contributed by atoms with Crippen molar-refractivity contribution in [2.24, 2.45) is 5.92 Å². The highest BCUT2D eigenvalue weighted by Gasteiger charge is 2.24. The summed E-state index contributed by atoms with van der Waals surface area (Å²) in [5, 5.41) is 21.4. The molecule has 0 saturated carbocycles. The van der Waals surface area contributed by atoms with Gasteiger partial charge in [-0.25, -0.2) is 4.79 Å². The molecule has 0 aliphatic heterocycles. The van der Waals surface area contributed by atoms with E-state index in [9.17, 15) is 14.7 Å². The molecule has 6 heteroatoms. The zero-order valence-corrected chi connectivity index (χ0v) is 15.7. The molecule has 0 radical (unpaired) electrons. The molecule has 6 nitrogen and oxygen atoms in total. The van der Waals surface area contributed by atoms with Crippen molar-refractivity contribution in [1.82, 2.24) is 5.32 Å². The van der Waals surface area contributed by atoms with Crippen LogP contribution in [0, 0.1) is 5.92 Å². The molecule has 144 valence electrons. The van der Waals surface area contributed by atoms with E-state index in [2.05, 4.69) is 5.32 Å². The summed E-state index contributed by atoms with van der Waals surface area (Å²) in [7, 11) is 0. The summed E-state index contributed by atoms with van der Waals surface area (Å²) in [6.45, 7) is 5.85. The smallest absolute Gasteiger partial charge is 0.335 e. The van der Waals surface area contributed by atoms with Crippen LogP contribution >= 0.6 is 0 Å². The Labute approximate surface area is 158 Å². The van der Waals surface area contributed by atoms with Gasteiger partial charge in [-0.3, -0.25) is 4.79 Å². The van der Waals surface area contributed by atoms with Crippen molar-refractivity contribution >= 4 is 11.9 Å². The first-order valence-electron chi connectivity index (χ1n) is 8.81. The molecule has 1 amide bonds. The summed E-state index contributed by atoms with van der Waals surface area (Å²) in [6.07, 6.45) is -0.645. The van der Waals surface area contributed by atoms with E-state index in [1.165, 1.54) is 12.1 Å². The number of phenolic OH excluding ortho intramolecular Hbond substituents is 1. The number of amides is 1. The summed E-state index contributed by atoms with van der Waals surface area (Å²) < 4.78 is 5.79. The van der Waals surface area contributed by atoms with E-state index in [0.717, 1.165) is 11.1 Å². The molecule has 2 atom stereocenters. The van der Waals surface area contributed by atoms with Gasteiger partial charge < -0.3 is 20.3 Å². The highest BCUT2D eigenvalue weighted by Crippen LogP contribution is 2.18. The molecule has 0 spiro atoms. The molecular formula is C21H25NO5. The summed E-state index contributed by atoms with van der Waals surface area (Å²) in [6, 6.07) is 12.8. The van der Waals surface area contributed by atoms with Gasteiger partial charge in [0.1, 0.15) is 11.9 Å². The van der Waals surface area contributed by atoms with E-state index in [0.29, 0.717) is 0 Å². The zero-order chi connectivity index (χ0) is 20.0. The molecule has 0 bridgehead atoms. The second-order valence-corrected chi connectivity index (χ2v) is 6.80. The van der Waals surface area contributed by atoms with Crippen LogP contribution in [0.4, 0.5) is 0 Å². The highest BCUT2D eigenvalue weighted by atomic mass is 16.5. The SMILES string of the molecule is CC(NC(=O)C(OCc1cccc(O)c1)C(C)C)c1ccc(C(=O)O)cc1. The van der Waals surface area contributed by atoms with Gasteiger partial charge in [0, 0.05) is 0 Å². The predicted molar refractivity (Wildman–Crippen MR) is 101 cm³/mol. The van der Waals surface area contributed by atoms with Crippen molar-refractivity contribution in [2.45, 2.75) is 39.5 Å². The van der Waals surface area contributed by atoms with E-state index in [1.54, 1.807) is 30.3 Å². The van der Waals surface area contributed by atoms with Gasteiger partial charge in [-0.2, -0.15) is 0 Å². The number of phenols is 1. The molecule has 0 saturated heterocycles. The standard InChI is InChI=1S/C21H25NO5/c1-13(2)19(27-12-15-5-4-6-18(23)11-15)20(24)22-14(3)16-7-9-17(10-8-16)21(25)26/h4-11,13-14,19,23H,12H2,1-3H3,(H,22,24)(H,25,26). The Balaban J connectivity index is 2.00. The van der Waals surface area contributed by atoms with Gasteiger partial charge in [0.25, 0.3) is 0 Å². The first-order chi connectivity index (χ1) is 12.8. The van der Waals surface area contributed by atoms with Crippen LogP contribution in [-0.2, 0) is 16.1 Å². The van der Waals surface area contributed by atoms with Crippen molar-refractivity contribution in [2.75, 3.05) is 0 Å². The molecular weight excluding hydrogens is 346 g/mol. The molecule has 3 N–H and O–H groups in total. The molecule has 0 aromatic heterocycles. The summed E-state index contributed by atoms with van der Waals surface area (Å²) in [5.41, 5.74) is 1.79. The fourth-order valence-electron chi connectivity index (χ4n) is 2.70. The molecule has 2 unspecified atom stereocenters. The van der Waals surface area contributed by atoms with Crippen LogP contribution in [0.1, 0.15) is 48.3 Å². The van der Waals surface area contributed by atoms with Gasteiger partial charge in [0.15, 0.2) is 0 Å². The number of aromatic hydroxyl groups is 1. The fraction of sp³-hybridized carbons (Fsp3) is 0.333. The fourth-order valence-corrected chi connectivity index (χ4v) is 2.70. The normalized spacial score (nSPS) is 13.2. The number of carbonyl (C=O) groups excluding carboxylic acids is 1. The first kappa shape index (κ1) is 20.5. The third-order valence-electron chi connectivity index (χ3n) is 4.22. The number of hydrogen-bond acceptors (Lipinski definition) is 4. The van der Waals surface area contributed by atoms with Gasteiger partial charge >= 0.3 is 5.97 Å². The molecule has 0 fully saturated rings. The van der Waals surface area contributed by atoms with Crippen molar-refractivity contribution in [3.8, 4) is 5.75 Å². The summed E-state index contributed by atoms with van der Waals surface area (Å²) >= 11 is 0. The van der Waals surface area contributed by atoms with Crippen LogP contribution in [0.25, 0.3) is 0 Å². The number of ether oxygens (including phenoxy) is 1. The number of carbonyl (C=O) groups is 2. The van der Waals surface area contributed by atoms with E-state index in [4.69, 9.17) is 9.84 Å². The van der Waals surface area contributed by atoms with Crippen molar-refractivity contribution < 1.29 is 24.5 Å². The molecule has 0 heterocycles. The lowest BCUT2D eigenvalue weighted by molar-refractivity contribution is -0.137. The Morgan fingerprint density at radius 1 is 1.07 bits per heavy atom. The highest BCUT2D eigenvalue weighted by molar-refractivity contribution is 5.87. The summed E-state index contributed by atoms with van der Waals surface area (Å²) in [4.78, 5) is 23.6. The number of benzene rings is 2. The van der Waals surface area contributed by atoms with Crippen molar-refractivity contribution in [3.05, 3.63) is 65.2 Å². The predicted octanol–water partition coefficient (Wildman–Crippen LogP) is 3.51. The maximum absolute atomic E-state index is 12.7. The largest absolute Gasteiger partial charge is 0.508 e. The van der Waals surface area contributed by atoms with Crippen molar-refractivity contribution in [1.29, 1.82) is 0 Å². The number of aromatic carboxylic acids is 1. The minimum atomic E-state index is -0.988. The molecule has 2 aromatic rings. The topological polar surface area (TPSA) is 95.9 Å². The Morgan fingerprint density at radius 2 is 1.74 bits per heavy atom. The maximum atomic E-state index is 12.7. The third kappa shape index (κ3) is 5.82. The van der Waals surface area contributed by atoms with Gasteiger partial charge in [-0.05, 0) is 48.2 Å². The quantitative estimate of drug-likeness (QED) is 0.660. The van der Waals surface area contributed by atoms with E-state index in [1.807, 2.05) is 26.8 Å². The Bertz CT molecular complexity index is 785. The minimum absolute atomic E-state index is 0.0381. The lowest BCUT2D eigenvalue weighted by Gasteiger charge is -2.23. The van der Waals surface area contributed by atoms with Crippen LogP contribution in [0.5, 0.6) is 5.75 Å². The second-order valence-electron chi connectivity index (χ2n) is 6.80. The number of carboxylic acids is 1. The van der Waals surface area contributed by atoms with Gasteiger partial charge in [-0.1, -0.05) is 38.1 Å². The van der Waals surface area contributed by atoms with Crippen LogP contribution in [0.2, 0.25) is 0 Å². The van der Waals surface area contributed by atoms with Crippen LogP contribution in [0.3, 0.4) is 0 Å². The molecule has 27 heavy (non-hydrogen) atoms. The first-order valence-corrected chi connectivity index (χ1v) is 8.81. The zero-order valence-electron chi connectivity index (χ0n) is 15.7. The van der Waals surface area contributed by atoms with Gasteiger partial charge in [0.2, 0.25) is 5.91 Å². The Kier molecular flexibility index (Phi) is 6.96. The average Bonchev–Trinajstić information content (AvgIpc) is 2.61. The average molecular weight is 371 g/mol. The van der Waals surface area contributed by atoms with E-state index in [-0.39, 0.29) is 35.8 Å². The van der Waals surface area contributed by atoms with Gasteiger partial charge in [0.05, 0.1) is 18.2 Å². The van der Waals surface area contributed by atoms with Crippen molar-refractivity contribution in [3.63, 3.8) is 0 Å². The third-order valence-corrected chi connectivity index (χ3v) is 4.22. The lowest BCUT2D eigenvalue weighted by Crippen LogP contribution is -2.40. The lowest BCUT2D eigenvalue weighted by atomic mass is 10.0. The molecule has 0 aliphatic carbocycles. The second kappa shape index (κ2) is 9.19. The molecule has 0 aliphatic rings. The minimum Gasteiger partial charge on any atom is -0.508 e. The molecule has 2 aromatic carbocycles. The summed E-state index contributed by atoms with van der Waals surface area (Å²) in [5.74, 6) is -1.11. The van der Waals surface area contributed by atoms with E-state index >= 15 is 0 Å². The monoisotopic (exact) mass is 371 g/mol. The number of carboxylic acid groups (broad SMARTS) is 1. The maximum Gasteiger partial charge on any atom is 0.335 e.